The molecule has 0 spiro atoms. The van der Waals surface area contributed by atoms with Gasteiger partial charge in [-0.1, -0.05) is 6.07 Å². The normalized spacial score (nSPS) is 23.3. The molecule has 3 atom stereocenters. The van der Waals surface area contributed by atoms with E-state index in [2.05, 4.69) is 33.5 Å². The Hall–Kier alpha value is -1.67. The number of rotatable bonds is 7. The van der Waals surface area contributed by atoms with E-state index in [1.807, 2.05) is 32.0 Å². The van der Waals surface area contributed by atoms with E-state index in [0.717, 1.165) is 37.1 Å². The average Bonchev–Trinajstić information content (AvgIpc) is 2.54. The van der Waals surface area contributed by atoms with Crippen molar-refractivity contribution in [2.24, 2.45) is 0 Å². The fraction of sp³-hybridized carbons (Fsp3) is 0.611. The molecule has 25 heavy (non-hydrogen) atoms. The molecule has 1 saturated heterocycles. The molecule has 3 unspecified atom stereocenters. The Kier molecular flexibility index (Phi) is 7.64. The van der Waals surface area contributed by atoms with Crippen molar-refractivity contribution in [3.63, 3.8) is 0 Å². The minimum atomic E-state index is -0.300. The number of hydrogen-bond acceptors (Lipinski definition) is 5. The lowest BCUT2D eigenvalue weighted by Gasteiger charge is -2.36. The number of aliphatic hydroxyl groups excluding tert-OH is 1. The number of unbranched alkanes of at least 4 members (excludes halogenated alkanes) is 1. The van der Waals surface area contributed by atoms with Gasteiger partial charge in [-0.3, -0.25) is 10.6 Å². The summed E-state index contributed by atoms with van der Waals surface area (Å²) in [5, 5.41) is 24.7. The molecule has 1 heterocycles. The van der Waals surface area contributed by atoms with Crippen LogP contribution in [0, 0.1) is 13.8 Å². The molecule has 0 aromatic heterocycles. The fourth-order valence-electron chi connectivity index (χ4n) is 2.88. The fourth-order valence-corrected chi connectivity index (χ4v) is 2.88. The average molecular weight is 349 g/mol. The number of aliphatic hydroxyl groups is 1. The molecule has 1 aromatic carbocycles. The van der Waals surface area contributed by atoms with E-state index in [0.29, 0.717) is 0 Å². The van der Waals surface area contributed by atoms with Gasteiger partial charge in [0.15, 0.2) is 0 Å². The lowest BCUT2D eigenvalue weighted by molar-refractivity contribution is 0.192. The van der Waals surface area contributed by atoms with Gasteiger partial charge in [0, 0.05) is 18.3 Å². The molecule has 7 heteroatoms. The lowest BCUT2D eigenvalue weighted by atomic mass is 10.1. The van der Waals surface area contributed by atoms with E-state index in [-0.39, 0.29) is 31.1 Å². The zero-order valence-electron chi connectivity index (χ0n) is 15.4. The Morgan fingerprint density at radius 3 is 2.76 bits per heavy atom. The SMILES string of the molecule is Cc1ccc(NC(=O)NC2NC(C)CC(NCCCCO)N2)cc1C. The third-order valence-electron chi connectivity index (χ3n) is 4.42. The van der Waals surface area contributed by atoms with E-state index >= 15 is 0 Å². The Labute approximate surface area is 150 Å². The zero-order valence-corrected chi connectivity index (χ0v) is 15.4. The monoisotopic (exact) mass is 349 g/mol. The van der Waals surface area contributed by atoms with Crippen LogP contribution in [-0.2, 0) is 0 Å². The van der Waals surface area contributed by atoms with Gasteiger partial charge in [0.05, 0.1) is 6.17 Å². The van der Waals surface area contributed by atoms with Crippen molar-refractivity contribution in [1.29, 1.82) is 0 Å². The highest BCUT2D eigenvalue weighted by molar-refractivity contribution is 5.89. The van der Waals surface area contributed by atoms with E-state index < -0.39 is 0 Å². The zero-order chi connectivity index (χ0) is 18.2. The number of carbonyl (C=O) groups is 1. The lowest BCUT2D eigenvalue weighted by Crippen LogP contribution is -2.67. The summed E-state index contributed by atoms with van der Waals surface area (Å²) in [5.74, 6) is 0. The molecule has 0 bridgehead atoms. The number of amides is 2. The number of benzene rings is 1. The predicted molar refractivity (Wildman–Crippen MR) is 100 cm³/mol. The number of hydrogen-bond donors (Lipinski definition) is 6. The van der Waals surface area contributed by atoms with E-state index in [9.17, 15) is 4.79 Å². The van der Waals surface area contributed by atoms with Crippen LogP contribution in [0.3, 0.4) is 0 Å². The molecule has 6 N–H and O–H groups in total. The van der Waals surface area contributed by atoms with Crippen LogP contribution in [0.25, 0.3) is 0 Å². The second kappa shape index (κ2) is 9.72. The minimum absolute atomic E-state index is 0.127. The third kappa shape index (κ3) is 6.62. The first-order chi connectivity index (χ1) is 12.0. The van der Waals surface area contributed by atoms with Crippen LogP contribution in [0.2, 0.25) is 0 Å². The van der Waals surface area contributed by atoms with Gasteiger partial charge in [0.1, 0.15) is 6.29 Å². The van der Waals surface area contributed by atoms with Crippen LogP contribution in [-0.4, -0.2) is 42.8 Å². The van der Waals surface area contributed by atoms with Crippen LogP contribution in [0.4, 0.5) is 10.5 Å². The third-order valence-corrected chi connectivity index (χ3v) is 4.42. The molecular formula is C18H31N5O2. The standard InChI is InChI=1S/C18H31N5O2/c1-12-6-7-15(10-13(12)2)21-18(25)23-17-20-14(3)11-16(22-17)19-8-4-5-9-24/h6-7,10,14,16-17,19-20,22,24H,4-5,8-9,11H2,1-3H3,(H2,21,23,25). The molecule has 0 saturated carbocycles. The van der Waals surface area contributed by atoms with Gasteiger partial charge < -0.3 is 21.1 Å². The van der Waals surface area contributed by atoms with Crippen LogP contribution in [0.1, 0.15) is 37.3 Å². The smallest absolute Gasteiger partial charge is 0.321 e. The minimum Gasteiger partial charge on any atom is -0.396 e. The molecule has 2 amide bonds. The van der Waals surface area contributed by atoms with Crippen LogP contribution in [0.5, 0.6) is 0 Å². The van der Waals surface area contributed by atoms with E-state index in [4.69, 9.17) is 5.11 Å². The summed E-state index contributed by atoms with van der Waals surface area (Å²) < 4.78 is 0. The number of nitrogens with one attached hydrogen (secondary N) is 5. The van der Waals surface area contributed by atoms with Crippen molar-refractivity contribution in [2.45, 2.75) is 58.5 Å². The summed E-state index contributed by atoms with van der Waals surface area (Å²) >= 11 is 0. The van der Waals surface area contributed by atoms with Gasteiger partial charge in [-0.25, -0.2) is 4.79 Å². The maximum atomic E-state index is 12.2. The largest absolute Gasteiger partial charge is 0.396 e. The predicted octanol–water partition coefficient (Wildman–Crippen LogP) is 1.37. The first kappa shape index (κ1) is 19.7. The van der Waals surface area contributed by atoms with Crippen molar-refractivity contribution in [3.8, 4) is 0 Å². The van der Waals surface area contributed by atoms with Gasteiger partial charge in [0.25, 0.3) is 0 Å². The molecule has 1 aliphatic heterocycles. The Morgan fingerprint density at radius 2 is 2.04 bits per heavy atom. The number of aryl methyl sites for hydroxylation is 2. The topological polar surface area (TPSA) is 97.5 Å². The van der Waals surface area contributed by atoms with Crippen molar-refractivity contribution in [2.75, 3.05) is 18.5 Å². The first-order valence-electron chi connectivity index (χ1n) is 8.99. The molecule has 140 valence electrons. The van der Waals surface area contributed by atoms with Crippen molar-refractivity contribution < 1.29 is 9.90 Å². The highest BCUT2D eigenvalue weighted by atomic mass is 16.3. The highest BCUT2D eigenvalue weighted by Crippen LogP contribution is 2.14. The summed E-state index contributed by atoms with van der Waals surface area (Å²) in [5.41, 5.74) is 3.13. The van der Waals surface area contributed by atoms with Crippen molar-refractivity contribution in [3.05, 3.63) is 29.3 Å². The molecule has 0 aliphatic carbocycles. The Bertz CT molecular complexity index is 566. The van der Waals surface area contributed by atoms with Crippen LogP contribution in [0.15, 0.2) is 18.2 Å². The van der Waals surface area contributed by atoms with Crippen LogP contribution >= 0.6 is 0 Å². The number of anilines is 1. The summed E-state index contributed by atoms with van der Waals surface area (Å²) in [6, 6.07) is 5.89. The van der Waals surface area contributed by atoms with Gasteiger partial charge >= 0.3 is 6.03 Å². The van der Waals surface area contributed by atoms with Gasteiger partial charge in [0.2, 0.25) is 0 Å². The molecule has 7 nitrogen and oxygen atoms in total. The first-order valence-corrected chi connectivity index (χ1v) is 8.99. The van der Waals surface area contributed by atoms with Gasteiger partial charge in [-0.05, 0) is 69.8 Å². The summed E-state index contributed by atoms with van der Waals surface area (Å²) in [6.45, 7) is 7.23. The number of carbonyl (C=O) groups excluding carboxylic acids is 1. The molecular weight excluding hydrogens is 318 g/mol. The van der Waals surface area contributed by atoms with Crippen molar-refractivity contribution in [1.82, 2.24) is 21.3 Å². The highest BCUT2D eigenvalue weighted by Gasteiger charge is 2.25. The molecule has 1 fully saturated rings. The van der Waals surface area contributed by atoms with Gasteiger partial charge in [-0.15, -0.1) is 0 Å². The van der Waals surface area contributed by atoms with Crippen LogP contribution < -0.4 is 26.6 Å². The molecule has 2 rings (SSSR count). The molecule has 1 aromatic rings. The second-order valence-corrected chi connectivity index (χ2v) is 6.74. The Morgan fingerprint density at radius 1 is 1.24 bits per heavy atom. The molecule has 0 radical (unpaired) electrons. The Balaban J connectivity index is 1.81. The van der Waals surface area contributed by atoms with Gasteiger partial charge in [-0.2, -0.15) is 0 Å². The molecule has 1 aliphatic rings. The summed E-state index contributed by atoms with van der Waals surface area (Å²) in [6.07, 6.45) is 2.48. The number of urea groups is 1. The summed E-state index contributed by atoms with van der Waals surface area (Å²) in [4.78, 5) is 12.2. The van der Waals surface area contributed by atoms with E-state index in [1.54, 1.807) is 0 Å². The maximum Gasteiger partial charge on any atom is 0.321 e. The summed E-state index contributed by atoms with van der Waals surface area (Å²) in [7, 11) is 0. The second-order valence-electron chi connectivity index (χ2n) is 6.74. The van der Waals surface area contributed by atoms with Crippen molar-refractivity contribution >= 4 is 11.7 Å². The maximum absolute atomic E-state index is 12.2. The van der Waals surface area contributed by atoms with E-state index in [1.165, 1.54) is 5.56 Å². The quantitative estimate of drug-likeness (QED) is 0.418.